The maximum Gasteiger partial charge on any atom is 0.123 e. The maximum absolute atomic E-state index is 12.7. The Labute approximate surface area is 83.6 Å². The van der Waals surface area contributed by atoms with Gasteiger partial charge in [-0.1, -0.05) is 26.0 Å². The molecule has 3 heteroatoms. The van der Waals surface area contributed by atoms with Crippen molar-refractivity contribution in [2.45, 2.75) is 31.9 Å². The zero-order chi connectivity index (χ0) is 10.8. The molecule has 0 saturated heterocycles. The molecule has 0 aromatic heterocycles. The molecule has 0 aliphatic heterocycles. The van der Waals surface area contributed by atoms with E-state index >= 15 is 0 Å². The second-order valence-corrected chi connectivity index (χ2v) is 4.16. The molecule has 0 radical (unpaired) electrons. The van der Waals surface area contributed by atoms with E-state index in [1.807, 2.05) is 13.8 Å². The van der Waals surface area contributed by atoms with Gasteiger partial charge < -0.3 is 10.8 Å². The molecule has 1 aromatic carbocycles. The van der Waals surface area contributed by atoms with Gasteiger partial charge in [-0.05, 0) is 29.5 Å². The summed E-state index contributed by atoms with van der Waals surface area (Å²) in [4.78, 5) is 0. The van der Waals surface area contributed by atoms with Gasteiger partial charge in [0.2, 0.25) is 0 Å². The number of aliphatic hydroxyl groups excluding tert-OH is 1. The number of aliphatic hydroxyl groups is 1. The predicted octanol–water partition coefficient (Wildman–Crippen LogP) is 1.77. The van der Waals surface area contributed by atoms with Crippen molar-refractivity contribution in [3.8, 4) is 0 Å². The molecule has 0 amide bonds. The van der Waals surface area contributed by atoms with Crippen molar-refractivity contribution in [3.63, 3.8) is 0 Å². The number of hydrogen-bond donors (Lipinski definition) is 2. The Morgan fingerprint density at radius 2 is 1.86 bits per heavy atom. The van der Waals surface area contributed by atoms with Gasteiger partial charge in [-0.2, -0.15) is 0 Å². The smallest absolute Gasteiger partial charge is 0.123 e. The minimum Gasteiger partial charge on any atom is -0.379 e. The Bertz CT molecular complexity index is 293. The number of halogens is 1. The second-order valence-electron chi connectivity index (χ2n) is 4.16. The zero-order valence-corrected chi connectivity index (χ0v) is 8.50. The van der Waals surface area contributed by atoms with Gasteiger partial charge in [0.25, 0.3) is 0 Å². The summed E-state index contributed by atoms with van der Waals surface area (Å²) in [6, 6.07) is 6.27. The lowest BCUT2D eigenvalue weighted by Crippen LogP contribution is -2.30. The Balaban J connectivity index is 2.86. The minimum atomic E-state index is -0.838. The van der Waals surface area contributed by atoms with E-state index in [-0.39, 0.29) is 11.2 Å². The molecule has 0 spiro atoms. The van der Waals surface area contributed by atoms with Crippen LogP contribution in [0.4, 0.5) is 4.39 Å². The standard InChI is InChI=1S/C11H16FNO/c1-11(2,7-10(13)14)8-3-5-9(12)6-4-8/h3-6,10,14H,7,13H2,1-2H3. The Morgan fingerprint density at radius 1 is 1.36 bits per heavy atom. The molecule has 0 heterocycles. The molecular formula is C11H16FNO. The van der Waals surface area contributed by atoms with Gasteiger partial charge in [0.05, 0.1) is 0 Å². The highest BCUT2D eigenvalue weighted by Crippen LogP contribution is 2.27. The summed E-state index contributed by atoms with van der Waals surface area (Å²) >= 11 is 0. The van der Waals surface area contributed by atoms with E-state index in [1.54, 1.807) is 12.1 Å². The van der Waals surface area contributed by atoms with E-state index in [0.29, 0.717) is 6.42 Å². The first-order chi connectivity index (χ1) is 6.42. The monoisotopic (exact) mass is 197 g/mol. The lowest BCUT2D eigenvalue weighted by molar-refractivity contribution is 0.145. The molecule has 0 aliphatic rings. The molecule has 2 nitrogen and oxygen atoms in total. The first kappa shape index (κ1) is 11.1. The summed E-state index contributed by atoms with van der Waals surface area (Å²) < 4.78 is 12.7. The fourth-order valence-electron chi connectivity index (χ4n) is 1.54. The van der Waals surface area contributed by atoms with Crippen molar-refractivity contribution in [2.24, 2.45) is 5.73 Å². The van der Waals surface area contributed by atoms with E-state index < -0.39 is 6.23 Å². The van der Waals surface area contributed by atoms with Crippen LogP contribution in [0.2, 0.25) is 0 Å². The molecule has 0 aliphatic carbocycles. The maximum atomic E-state index is 12.7. The third kappa shape index (κ3) is 2.79. The summed E-state index contributed by atoms with van der Waals surface area (Å²) in [6.07, 6.45) is -0.381. The van der Waals surface area contributed by atoms with E-state index in [4.69, 9.17) is 10.8 Å². The van der Waals surface area contributed by atoms with Crippen LogP contribution in [0.5, 0.6) is 0 Å². The van der Waals surface area contributed by atoms with E-state index in [1.165, 1.54) is 12.1 Å². The summed E-state index contributed by atoms with van der Waals surface area (Å²) in [6.45, 7) is 3.94. The number of benzene rings is 1. The van der Waals surface area contributed by atoms with Gasteiger partial charge in [0.15, 0.2) is 0 Å². The molecule has 14 heavy (non-hydrogen) atoms. The van der Waals surface area contributed by atoms with Crippen LogP contribution in [0.15, 0.2) is 24.3 Å². The average molecular weight is 197 g/mol. The molecule has 0 fully saturated rings. The van der Waals surface area contributed by atoms with Crippen LogP contribution in [0.1, 0.15) is 25.8 Å². The third-order valence-corrected chi connectivity index (χ3v) is 2.35. The van der Waals surface area contributed by atoms with Gasteiger partial charge in [-0.3, -0.25) is 0 Å². The van der Waals surface area contributed by atoms with Crippen molar-refractivity contribution < 1.29 is 9.50 Å². The lowest BCUT2D eigenvalue weighted by Gasteiger charge is -2.26. The van der Waals surface area contributed by atoms with Gasteiger partial charge in [-0.15, -0.1) is 0 Å². The molecule has 1 unspecified atom stereocenters. The second kappa shape index (κ2) is 4.07. The van der Waals surface area contributed by atoms with Gasteiger partial charge >= 0.3 is 0 Å². The molecule has 1 atom stereocenters. The van der Waals surface area contributed by atoms with Crippen molar-refractivity contribution >= 4 is 0 Å². The summed E-state index contributed by atoms with van der Waals surface area (Å²) in [5, 5.41) is 9.11. The van der Waals surface area contributed by atoms with Crippen LogP contribution in [0.3, 0.4) is 0 Å². The van der Waals surface area contributed by atoms with Crippen LogP contribution in [0, 0.1) is 5.82 Å². The SMILES string of the molecule is CC(C)(CC(N)O)c1ccc(F)cc1. The number of nitrogens with two attached hydrogens (primary N) is 1. The van der Waals surface area contributed by atoms with Crippen LogP contribution in [-0.2, 0) is 5.41 Å². The van der Waals surface area contributed by atoms with Crippen LogP contribution in [0.25, 0.3) is 0 Å². The number of hydrogen-bond acceptors (Lipinski definition) is 2. The van der Waals surface area contributed by atoms with Crippen molar-refractivity contribution in [1.82, 2.24) is 0 Å². The Hall–Kier alpha value is -0.930. The fraction of sp³-hybridized carbons (Fsp3) is 0.455. The van der Waals surface area contributed by atoms with Crippen molar-refractivity contribution in [2.75, 3.05) is 0 Å². The molecule has 1 aromatic rings. The van der Waals surface area contributed by atoms with Crippen molar-refractivity contribution in [1.29, 1.82) is 0 Å². The first-order valence-electron chi connectivity index (χ1n) is 4.61. The molecule has 1 rings (SSSR count). The van der Waals surface area contributed by atoms with Crippen LogP contribution < -0.4 is 5.73 Å². The molecule has 0 saturated carbocycles. The average Bonchev–Trinajstić information content (AvgIpc) is 2.02. The van der Waals surface area contributed by atoms with Crippen LogP contribution >= 0.6 is 0 Å². The fourth-order valence-corrected chi connectivity index (χ4v) is 1.54. The van der Waals surface area contributed by atoms with E-state index in [0.717, 1.165) is 5.56 Å². The summed E-state index contributed by atoms with van der Waals surface area (Å²) in [5.74, 6) is -0.252. The largest absolute Gasteiger partial charge is 0.379 e. The minimum absolute atomic E-state index is 0.234. The highest BCUT2D eigenvalue weighted by molar-refractivity contribution is 5.24. The molecule has 78 valence electrons. The summed E-state index contributed by atoms with van der Waals surface area (Å²) in [7, 11) is 0. The number of rotatable bonds is 3. The van der Waals surface area contributed by atoms with Crippen LogP contribution in [-0.4, -0.2) is 11.3 Å². The third-order valence-electron chi connectivity index (χ3n) is 2.35. The lowest BCUT2D eigenvalue weighted by atomic mass is 9.81. The first-order valence-corrected chi connectivity index (χ1v) is 4.61. The van der Waals surface area contributed by atoms with Gasteiger partial charge in [0, 0.05) is 0 Å². The Morgan fingerprint density at radius 3 is 2.29 bits per heavy atom. The highest BCUT2D eigenvalue weighted by atomic mass is 19.1. The van der Waals surface area contributed by atoms with Gasteiger partial charge in [-0.25, -0.2) is 4.39 Å². The zero-order valence-electron chi connectivity index (χ0n) is 8.50. The summed E-state index contributed by atoms with van der Waals surface area (Å²) in [5.41, 5.74) is 6.07. The normalized spacial score (nSPS) is 14.1. The Kier molecular flexibility index (Phi) is 3.24. The van der Waals surface area contributed by atoms with E-state index in [9.17, 15) is 4.39 Å². The van der Waals surface area contributed by atoms with Crippen molar-refractivity contribution in [3.05, 3.63) is 35.6 Å². The topological polar surface area (TPSA) is 46.2 Å². The van der Waals surface area contributed by atoms with E-state index in [2.05, 4.69) is 0 Å². The predicted molar refractivity (Wildman–Crippen MR) is 54.2 cm³/mol. The molecule has 0 bridgehead atoms. The molecular weight excluding hydrogens is 181 g/mol. The highest BCUT2D eigenvalue weighted by Gasteiger charge is 2.22. The quantitative estimate of drug-likeness (QED) is 0.725. The van der Waals surface area contributed by atoms with Gasteiger partial charge in [0.1, 0.15) is 12.0 Å². The molecule has 3 N–H and O–H groups in total.